The van der Waals surface area contributed by atoms with Gasteiger partial charge < -0.3 is 16.3 Å². The number of oxime groups is 1. The summed E-state index contributed by atoms with van der Waals surface area (Å²) in [5.74, 6) is -0.170. The van der Waals surface area contributed by atoms with Gasteiger partial charge in [-0.2, -0.15) is 10.2 Å². The zero-order valence-corrected chi connectivity index (χ0v) is 12.3. The normalized spacial score (nSPS) is 12.3. The van der Waals surface area contributed by atoms with Crippen molar-refractivity contribution in [2.45, 2.75) is 34.1 Å². The Hall–Kier alpha value is -2.18. The van der Waals surface area contributed by atoms with E-state index in [9.17, 15) is 4.79 Å². The van der Waals surface area contributed by atoms with E-state index in [4.69, 9.17) is 10.9 Å². The number of amides is 1. The summed E-state index contributed by atoms with van der Waals surface area (Å²) in [5.41, 5.74) is 6.79. The third-order valence-corrected chi connectivity index (χ3v) is 3.06. The highest BCUT2D eigenvalue weighted by Gasteiger charge is 2.25. The summed E-state index contributed by atoms with van der Waals surface area (Å²) in [6, 6.07) is 1.71. The van der Waals surface area contributed by atoms with Gasteiger partial charge in [0.05, 0.1) is 17.0 Å². The van der Waals surface area contributed by atoms with Crippen LogP contribution in [0.15, 0.2) is 11.2 Å². The van der Waals surface area contributed by atoms with Gasteiger partial charge in [0.2, 0.25) is 0 Å². The molecule has 1 amide bonds. The van der Waals surface area contributed by atoms with Crippen LogP contribution in [0.4, 0.5) is 0 Å². The maximum absolute atomic E-state index is 12.2. The molecule has 4 N–H and O–H groups in total. The molecule has 0 saturated carbocycles. The Bertz CT molecular complexity index is 525. The Morgan fingerprint density at radius 2 is 2.15 bits per heavy atom. The van der Waals surface area contributed by atoms with E-state index in [-0.39, 0.29) is 18.3 Å². The minimum absolute atomic E-state index is 0.0672. The largest absolute Gasteiger partial charge is 0.409 e. The molecular formula is C13H21N5O2. The predicted molar refractivity (Wildman–Crippen MR) is 75.7 cm³/mol. The molecule has 0 atom stereocenters. The van der Waals surface area contributed by atoms with Crippen molar-refractivity contribution in [2.24, 2.45) is 16.3 Å². The lowest BCUT2D eigenvalue weighted by molar-refractivity contribution is 0.0942. The molecule has 0 fully saturated rings. The maximum atomic E-state index is 12.2. The molecule has 20 heavy (non-hydrogen) atoms. The first-order chi connectivity index (χ1) is 9.31. The van der Waals surface area contributed by atoms with Crippen LogP contribution in [0, 0.1) is 12.3 Å². The first kappa shape index (κ1) is 15.9. The molecule has 7 heteroatoms. The van der Waals surface area contributed by atoms with Gasteiger partial charge in [0, 0.05) is 12.0 Å². The highest BCUT2D eigenvalue weighted by atomic mass is 16.4. The van der Waals surface area contributed by atoms with Gasteiger partial charge in [-0.1, -0.05) is 25.9 Å². The number of aromatic nitrogens is 2. The summed E-state index contributed by atoms with van der Waals surface area (Å²) < 4.78 is 0. The van der Waals surface area contributed by atoms with Crippen LogP contribution in [-0.2, 0) is 6.42 Å². The lowest BCUT2D eigenvalue weighted by Crippen LogP contribution is -2.42. The number of aryl methyl sites for hydroxylation is 2. The Morgan fingerprint density at radius 1 is 1.50 bits per heavy atom. The summed E-state index contributed by atoms with van der Waals surface area (Å²) in [7, 11) is 0. The van der Waals surface area contributed by atoms with Crippen molar-refractivity contribution in [3.63, 3.8) is 0 Å². The molecule has 0 aliphatic rings. The van der Waals surface area contributed by atoms with Crippen LogP contribution >= 0.6 is 0 Å². The van der Waals surface area contributed by atoms with Gasteiger partial charge in [0.15, 0.2) is 0 Å². The molecule has 0 spiro atoms. The molecule has 0 radical (unpaired) electrons. The number of nitrogens with two attached hydrogens (primary N) is 1. The molecule has 1 rings (SSSR count). The molecule has 0 aliphatic heterocycles. The van der Waals surface area contributed by atoms with Crippen LogP contribution in [0.5, 0.6) is 0 Å². The molecule has 1 aromatic rings. The highest BCUT2D eigenvalue weighted by molar-refractivity contribution is 5.96. The van der Waals surface area contributed by atoms with Crippen molar-refractivity contribution < 1.29 is 10.0 Å². The molecule has 0 aromatic carbocycles. The Kier molecular flexibility index (Phi) is 5.01. The second kappa shape index (κ2) is 6.31. The Balaban J connectivity index is 2.85. The van der Waals surface area contributed by atoms with Crippen molar-refractivity contribution in [3.05, 3.63) is 23.0 Å². The summed E-state index contributed by atoms with van der Waals surface area (Å²) in [6.07, 6.45) is 0.625. The van der Waals surface area contributed by atoms with E-state index >= 15 is 0 Å². The molecular weight excluding hydrogens is 258 g/mol. The molecule has 110 valence electrons. The summed E-state index contributed by atoms with van der Waals surface area (Å²) in [5, 5.41) is 22.4. The van der Waals surface area contributed by atoms with Crippen LogP contribution in [0.1, 0.15) is 42.5 Å². The van der Waals surface area contributed by atoms with Crippen LogP contribution in [0.25, 0.3) is 0 Å². The maximum Gasteiger partial charge on any atom is 0.253 e. The zero-order valence-electron chi connectivity index (χ0n) is 12.3. The number of nitrogens with zero attached hydrogens (tertiary/aromatic N) is 3. The van der Waals surface area contributed by atoms with E-state index in [1.165, 1.54) is 0 Å². The smallest absolute Gasteiger partial charge is 0.253 e. The minimum atomic E-state index is -0.633. The van der Waals surface area contributed by atoms with Gasteiger partial charge in [-0.25, -0.2) is 0 Å². The fourth-order valence-electron chi connectivity index (χ4n) is 1.59. The lowest BCUT2D eigenvalue weighted by Gasteiger charge is -2.23. The van der Waals surface area contributed by atoms with E-state index in [0.29, 0.717) is 23.4 Å². The van der Waals surface area contributed by atoms with Gasteiger partial charge in [0.1, 0.15) is 5.84 Å². The van der Waals surface area contributed by atoms with Crippen molar-refractivity contribution in [1.29, 1.82) is 0 Å². The zero-order chi connectivity index (χ0) is 15.3. The van der Waals surface area contributed by atoms with Gasteiger partial charge in [-0.05, 0) is 19.4 Å². The predicted octanol–water partition coefficient (Wildman–Crippen LogP) is 0.850. The molecule has 7 nitrogen and oxygen atoms in total. The molecule has 1 aromatic heterocycles. The van der Waals surface area contributed by atoms with Crippen molar-refractivity contribution in [1.82, 2.24) is 15.5 Å². The molecule has 0 bridgehead atoms. The number of amidine groups is 1. The van der Waals surface area contributed by atoms with Crippen LogP contribution in [-0.4, -0.2) is 33.7 Å². The van der Waals surface area contributed by atoms with E-state index < -0.39 is 5.41 Å². The number of nitrogens with one attached hydrogen (secondary N) is 1. The second-order valence-electron chi connectivity index (χ2n) is 5.25. The fourth-order valence-corrected chi connectivity index (χ4v) is 1.59. The first-order valence-corrected chi connectivity index (χ1v) is 6.41. The third-order valence-electron chi connectivity index (χ3n) is 3.06. The van der Waals surface area contributed by atoms with E-state index in [1.807, 2.05) is 6.92 Å². The third kappa shape index (κ3) is 3.66. The van der Waals surface area contributed by atoms with Gasteiger partial charge in [-0.15, -0.1) is 0 Å². The molecule has 0 unspecified atom stereocenters. The summed E-state index contributed by atoms with van der Waals surface area (Å²) in [6.45, 7) is 7.50. The minimum Gasteiger partial charge on any atom is -0.409 e. The standard InChI is InChI=1S/C13H21N5O2/c1-5-10-9(6-8(2)16-17-10)11(19)15-7-13(3,4)12(14)18-20/h6,20H,5,7H2,1-4H3,(H2,14,18)(H,15,19). The lowest BCUT2D eigenvalue weighted by atomic mass is 9.92. The fraction of sp³-hybridized carbons (Fsp3) is 0.538. The Morgan fingerprint density at radius 3 is 2.70 bits per heavy atom. The summed E-state index contributed by atoms with van der Waals surface area (Å²) >= 11 is 0. The second-order valence-corrected chi connectivity index (χ2v) is 5.25. The number of hydrogen-bond acceptors (Lipinski definition) is 5. The number of carbonyl (C=O) groups is 1. The topological polar surface area (TPSA) is 113 Å². The van der Waals surface area contributed by atoms with Gasteiger partial charge >= 0.3 is 0 Å². The van der Waals surface area contributed by atoms with E-state index in [2.05, 4.69) is 20.7 Å². The molecule has 0 saturated heterocycles. The average molecular weight is 279 g/mol. The van der Waals surface area contributed by atoms with E-state index in [1.54, 1.807) is 26.8 Å². The first-order valence-electron chi connectivity index (χ1n) is 6.41. The van der Waals surface area contributed by atoms with Crippen LogP contribution in [0.3, 0.4) is 0 Å². The average Bonchev–Trinajstić information content (AvgIpc) is 2.43. The van der Waals surface area contributed by atoms with Crippen molar-refractivity contribution in [2.75, 3.05) is 6.54 Å². The van der Waals surface area contributed by atoms with Gasteiger partial charge in [0.25, 0.3) is 5.91 Å². The SMILES string of the molecule is CCc1nnc(C)cc1C(=O)NCC(C)(C)C(N)=NO. The van der Waals surface area contributed by atoms with Crippen molar-refractivity contribution in [3.8, 4) is 0 Å². The van der Waals surface area contributed by atoms with E-state index in [0.717, 1.165) is 0 Å². The highest BCUT2D eigenvalue weighted by Crippen LogP contribution is 2.14. The monoisotopic (exact) mass is 279 g/mol. The summed E-state index contributed by atoms with van der Waals surface area (Å²) in [4.78, 5) is 12.2. The molecule has 0 aliphatic carbocycles. The van der Waals surface area contributed by atoms with Crippen LogP contribution < -0.4 is 11.1 Å². The number of carbonyl (C=O) groups excluding carboxylic acids is 1. The number of rotatable bonds is 5. The number of hydrogen-bond donors (Lipinski definition) is 3. The quantitative estimate of drug-likeness (QED) is 0.320. The van der Waals surface area contributed by atoms with Gasteiger partial charge in [-0.3, -0.25) is 4.79 Å². The van der Waals surface area contributed by atoms with Crippen molar-refractivity contribution >= 4 is 11.7 Å². The Labute approximate surface area is 118 Å². The van der Waals surface area contributed by atoms with Crippen LogP contribution in [0.2, 0.25) is 0 Å². The molecule has 1 heterocycles.